The molecule has 0 saturated heterocycles. The first-order valence-corrected chi connectivity index (χ1v) is 4.37. The molecule has 1 nitrogen and oxygen atoms in total. The molecular formula is C11H11F3O. The van der Waals surface area contributed by atoms with Crippen LogP contribution in [-0.2, 0) is 0 Å². The molecule has 0 N–H and O–H groups in total. The van der Waals surface area contributed by atoms with Crippen molar-refractivity contribution in [2.75, 3.05) is 7.11 Å². The highest BCUT2D eigenvalue weighted by Crippen LogP contribution is 2.34. The molecule has 0 bridgehead atoms. The van der Waals surface area contributed by atoms with E-state index >= 15 is 0 Å². The van der Waals surface area contributed by atoms with Crippen molar-refractivity contribution in [1.82, 2.24) is 0 Å². The van der Waals surface area contributed by atoms with Gasteiger partial charge in [-0.25, -0.2) is 0 Å². The van der Waals surface area contributed by atoms with Crippen LogP contribution in [0.2, 0.25) is 0 Å². The Hall–Kier alpha value is -1.45. The average molecular weight is 216 g/mol. The van der Waals surface area contributed by atoms with Crippen molar-refractivity contribution in [1.29, 1.82) is 0 Å². The molecule has 0 heterocycles. The molecule has 0 unspecified atom stereocenters. The van der Waals surface area contributed by atoms with Crippen molar-refractivity contribution in [3.63, 3.8) is 0 Å². The van der Waals surface area contributed by atoms with Gasteiger partial charge < -0.3 is 4.74 Å². The minimum absolute atomic E-state index is 0.144. The maximum absolute atomic E-state index is 12.5. The minimum Gasteiger partial charge on any atom is -0.497 e. The highest BCUT2D eigenvalue weighted by atomic mass is 19.4. The maximum atomic E-state index is 12.5. The summed E-state index contributed by atoms with van der Waals surface area (Å²) in [5.74, 6) is 0.538. The van der Waals surface area contributed by atoms with Gasteiger partial charge in [-0.2, -0.15) is 13.2 Å². The summed E-state index contributed by atoms with van der Waals surface area (Å²) in [6, 6.07) is 5.79. The predicted molar refractivity (Wildman–Crippen MR) is 52.7 cm³/mol. The van der Waals surface area contributed by atoms with Crippen molar-refractivity contribution in [2.24, 2.45) is 0 Å². The lowest BCUT2D eigenvalue weighted by atomic mass is 10.1. The van der Waals surface area contributed by atoms with Crippen LogP contribution in [0.5, 0.6) is 5.75 Å². The van der Waals surface area contributed by atoms with Gasteiger partial charge in [-0.15, -0.1) is 0 Å². The first-order chi connectivity index (χ1) is 6.99. The number of hydrogen-bond acceptors (Lipinski definition) is 1. The third-order valence-electron chi connectivity index (χ3n) is 2.00. The van der Waals surface area contributed by atoms with Gasteiger partial charge in [0.25, 0.3) is 0 Å². The molecule has 0 aliphatic carbocycles. The van der Waals surface area contributed by atoms with E-state index in [-0.39, 0.29) is 5.56 Å². The molecule has 0 spiro atoms. The lowest BCUT2D eigenvalue weighted by Gasteiger charge is -2.11. The molecule has 0 aliphatic heterocycles. The van der Waals surface area contributed by atoms with Crippen LogP contribution in [0.15, 0.2) is 30.3 Å². The fourth-order valence-corrected chi connectivity index (χ4v) is 1.26. The van der Waals surface area contributed by atoms with Crippen LogP contribution < -0.4 is 4.74 Å². The summed E-state index contributed by atoms with van der Waals surface area (Å²) < 4.78 is 42.3. The van der Waals surface area contributed by atoms with Gasteiger partial charge in [0, 0.05) is 0 Å². The summed E-state index contributed by atoms with van der Waals surface area (Å²) in [7, 11) is 1.47. The Bertz CT molecular complexity index is 349. The maximum Gasteiger partial charge on any atom is 0.416 e. The molecule has 0 aliphatic rings. The lowest BCUT2D eigenvalue weighted by Crippen LogP contribution is -2.10. The van der Waals surface area contributed by atoms with Crippen LogP contribution in [0.3, 0.4) is 0 Å². The van der Waals surface area contributed by atoms with Gasteiger partial charge in [-0.1, -0.05) is 18.2 Å². The van der Waals surface area contributed by atoms with E-state index in [0.29, 0.717) is 5.75 Å². The molecule has 0 aromatic heterocycles. The zero-order valence-corrected chi connectivity index (χ0v) is 8.43. The van der Waals surface area contributed by atoms with Crippen LogP contribution in [0.1, 0.15) is 12.5 Å². The summed E-state index contributed by atoms with van der Waals surface area (Å²) in [6.07, 6.45) is -3.26. The van der Waals surface area contributed by atoms with Crippen LogP contribution in [0, 0.1) is 0 Å². The third kappa shape index (κ3) is 2.75. The van der Waals surface area contributed by atoms with Gasteiger partial charge in [0.15, 0.2) is 0 Å². The largest absolute Gasteiger partial charge is 0.497 e. The van der Waals surface area contributed by atoms with Gasteiger partial charge in [0.1, 0.15) is 5.75 Å². The fraction of sp³-hybridized carbons (Fsp3) is 0.273. The Labute approximate surface area is 86.2 Å². The molecular weight excluding hydrogens is 205 g/mol. The highest BCUT2D eigenvalue weighted by Gasteiger charge is 2.33. The molecule has 1 rings (SSSR count). The van der Waals surface area contributed by atoms with Gasteiger partial charge >= 0.3 is 6.18 Å². The Morgan fingerprint density at radius 1 is 1.20 bits per heavy atom. The molecule has 15 heavy (non-hydrogen) atoms. The summed E-state index contributed by atoms with van der Waals surface area (Å²) in [5.41, 5.74) is -0.490. The van der Waals surface area contributed by atoms with Gasteiger partial charge in [0.2, 0.25) is 0 Å². The molecule has 0 saturated carbocycles. The van der Waals surface area contributed by atoms with E-state index in [4.69, 9.17) is 4.74 Å². The second-order valence-electron chi connectivity index (χ2n) is 2.93. The van der Waals surface area contributed by atoms with Crippen LogP contribution in [-0.4, -0.2) is 13.3 Å². The molecule has 82 valence electrons. The van der Waals surface area contributed by atoms with Crippen LogP contribution >= 0.6 is 0 Å². The van der Waals surface area contributed by atoms with Gasteiger partial charge in [0.05, 0.1) is 12.7 Å². The standard InChI is InChI=1S/C11H11F3O/c1-3-10(11(12,13)14)8-4-6-9(15-2)7-5-8/h3-7H,1-2H3/b10-3-. The zero-order valence-electron chi connectivity index (χ0n) is 8.43. The number of allylic oxidation sites excluding steroid dienone is 2. The highest BCUT2D eigenvalue weighted by molar-refractivity contribution is 5.69. The van der Waals surface area contributed by atoms with Gasteiger partial charge in [-0.3, -0.25) is 0 Å². The van der Waals surface area contributed by atoms with Crippen molar-refractivity contribution < 1.29 is 17.9 Å². The van der Waals surface area contributed by atoms with E-state index < -0.39 is 11.7 Å². The molecule has 0 fully saturated rings. The monoisotopic (exact) mass is 216 g/mol. The van der Waals surface area contributed by atoms with Crippen LogP contribution in [0.4, 0.5) is 13.2 Å². The fourth-order valence-electron chi connectivity index (χ4n) is 1.26. The third-order valence-corrected chi connectivity index (χ3v) is 2.00. The molecule has 1 aromatic rings. The number of hydrogen-bond donors (Lipinski definition) is 0. The van der Waals surface area contributed by atoms with Gasteiger partial charge in [-0.05, 0) is 24.6 Å². The summed E-state index contributed by atoms with van der Waals surface area (Å²) in [6.45, 7) is 1.37. The Morgan fingerprint density at radius 2 is 1.73 bits per heavy atom. The zero-order chi connectivity index (χ0) is 11.5. The molecule has 4 heteroatoms. The number of ether oxygens (including phenoxy) is 1. The van der Waals surface area contributed by atoms with Crippen molar-refractivity contribution >= 4 is 5.57 Å². The van der Waals surface area contributed by atoms with E-state index in [1.165, 1.54) is 38.3 Å². The molecule has 1 aromatic carbocycles. The smallest absolute Gasteiger partial charge is 0.416 e. The first kappa shape index (κ1) is 11.6. The van der Waals surface area contributed by atoms with Crippen molar-refractivity contribution in [2.45, 2.75) is 13.1 Å². The molecule has 0 radical (unpaired) electrons. The Kier molecular flexibility index (Phi) is 3.39. The normalized spacial score (nSPS) is 12.7. The number of rotatable bonds is 2. The van der Waals surface area contributed by atoms with E-state index in [1.54, 1.807) is 0 Å². The predicted octanol–water partition coefficient (Wildman–Crippen LogP) is 3.66. The number of benzene rings is 1. The summed E-state index contributed by atoms with van der Waals surface area (Å²) in [5, 5.41) is 0. The molecule has 0 amide bonds. The second-order valence-corrected chi connectivity index (χ2v) is 2.93. The van der Waals surface area contributed by atoms with E-state index in [2.05, 4.69) is 0 Å². The number of methoxy groups -OCH3 is 1. The topological polar surface area (TPSA) is 9.23 Å². The minimum atomic E-state index is -4.32. The SMILES string of the molecule is C/C=C(/c1ccc(OC)cc1)C(F)(F)F. The average Bonchev–Trinajstić information content (AvgIpc) is 2.18. The Balaban J connectivity index is 3.05. The van der Waals surface area contributed by atoms with E-state index in [9.17, 15) is 13.2 Å². The summed E-state index contributed by atoms with van der Waals surface area (Å²) in [4.78, 5) is 0. The Morgan fingerprint density at radius 3 is 2.07 bits per heavy atom. The van der Waals surface area contributed by atoms with Crippen molar-refractivity contribution in [3.05, 3.63) is 35.9 Å². The quantitative estimate of drug-likeness (QED) is 0.733. The molecule has 0 atom stereocenters. The second kappa shape index (κ2) is 4.38. The number of alkyl halides is 3. The van der Waals surface area contributed by atoms with E-state index in [0.717, 1.165) is 6.08 Å². The number of halogens is 3. The van der Waals surface area contributed by atoms with Crippen molar-refractivity contribution in [3.8, 4) is 5.75 Å². The van der Waals surface area contributed by atoms with Crippen LogP contribution in [0.25, 0.3) is 5.57 Å². The first-order valence-electron chi connectivity index (χ1n) is 4.37. The summed E-state index contributed by atoms with van der Waals surface area (Å²) >= 11 is 0. The van der Waals surface area contributed by atoms with E-state index in [1.807, 2.05) is 0 Å². The lowest BCUT2D eigenvalue weighted by molar-refractivity contribution is -0.0689.